The lowest BCUT2D eigenvalue weighted by Crippen LogP contribution is -2.36. The second kappa shape index (κ2) is 31.0. The summed E-state index contributed by atoms with van der Waals surface area (Å²) in [7, 11) is 0. The summed E-state index contributed by atoms with van der Waals surface area (Å²) in [5.41, 5.74) is 11.2. The van der Waals surface area contributed by atoms with Crippen molar-refractivity contribution in [2.75, 3.05) is 9.80 Å². The maximum absolute atomic E-state index is 11.7. The van der Waals surface area contributed by atoms with Crippen molar-refractivity contribution in [1.29, 1.82) is 0 Å². The number of non-ortho nitro benzene ring substituents is 2. The molecular formula is C84H64N4O4. The molecule has 0 saturated carbocycles. The lowest BCUT2D eigenvalue weighted by molar-refractivity contribution is -0.385. The minimum Gasteiger partial charge on any atom is -0.367 e. The Morgan fingerprint density at radius 2 is 0.533 bits per heavy atom. The summed E-state index contributed by atoms with van der Waals surface area (Å²) >= 11 is 0. The van der Waals surface area contributed by atoms with Gasteiger partial charge in [-0.05, 0) is 174 Å². The Morgan fingerprint density at radius 1 is 0.315 bits per heavy atom. The van der Waals surface area contributed by atoms with Gasteiger partial charge in [0.25, 0.3) is 11.4 Å². The molecule has 0 unspecified atom stereocenters. The van der Waals surface area contributed by atoms with Gasteiger partial charge in [0.15, 0.2) is 0 Å². The highest BCUT2D eigenvalue weighted by Crippen LogP contribution is 2.30. The normalized spacial score (nSPS) is 11.2. The minimum atomic E-state index is -0.474. The number of nitro benzene ring substituents is 2. The van der Waals surface area contributed by atoms with Gasteiger partial charge in [-0.3, -0.25) is 20.2 Å². The van der Waals surface area contributed by atoms with Crippen LogP contribution in [-0.4, -0.2) is 34.0 Å². The number of rotatable bonds is 12. The van der Waals surface area contributed by atoms with Crippen LogP contribution in [0.5, 0.6) is 0 Å². The third-order valence-corrected chi connectivity index (χ3v) is 14.5. The van der Waals surface area contributed by atoms with E-state index in [4.69, 9.17) is 0 Å². The van der Waals surface area contributed by atoms with Gasteiger partial charge in [0.05, 0.1) is 43.3 Å². The first-order chi connectivity index (χ1) is 44.6. The molecular weight excluding hydrogens is 1130 g/mol. The molecule has 0 fully saturated rings. The molecule has 0 aromatic heterocycles. The number of nitro groups is 2. The second-order valence-electron chi connectivity index (χ2n) is 22.4. The molecule has 0 bridgehead atoms. The predicted octanol–water partition coefficient (Wildman–Crippen LogP) is 16.9. The van der Waals surface area contributed by atoms with Crippen molar-refractivity contribution in [3.05, 3.63) is 317 Å². The molecule has 444 valence electrons. The van der Waals surface area contributed by atoms with E-state index in [0.29, 0.717) is 33.4 Å². The zero-order valence-corrected chi connectivity index (χ0v) is 52.5. The van der Waals surface area contributed by atoms with Crippen molar-refractivity contribution in [2.24, 2.45) is 0 Å². The van der Waals surface area contributed by atoms with Gasteiger partial charge < -0.3 is 9.80 Å². The molecule has 8 aromatic rings. The maximum atomic E-state index is 11.7. The molecule has 8 heteroatoms. The van der Waals surface area contributed by atoms with Gasteiger partial charge >= 0.3 is 0 Å². The molecule has 0 aliphatic heterocycles. The topological polar surface area (TPSA) is 92.8 Å². The Kier molecular flexibility index (Phi) is 21.6. The molecule has 8 nitrogen and oxygen atoms in total. The number of allylic oxidation sites excluding steroid dienone is 6. The SMILES string of the molecule is CC(C)N(c1ccc(C#CC(C#Cc2ccc(N(C(C)C)C(C)C)cc2)=C2C#CC(=C(c3ccccc3)c3ccccc3)C#CC(=C(C#Cc3ccc([N+](=O)[O-])cc3)C#Cc3ccc([N+](=O)[O-])cc3)C#CC(=C(c3ccccc3)c3ccccc3)C#C2)cc1)C(C)C. The summed E-state index contributed by atoms with van der Waals surface area (Å²) < 4.78 is 0. The van der Waals surface area contributed by atoms with Crippen molar-refractivity contribution >= 4 is 33.9 Å². The van der Waals surface area contributed by atoms with Crippen molar-refractivity contribution in [3.63, 3.8) is 0 Å². The average molecular weight is 1190 g/mol. The summed E-state index contributed by atoms with van der Waals surface area (Å²) in [4.78, 5) is 27.2. The van der Waals surface area contributed by atoms with Crippen molar-refractivity contribution in [2.45, 2.75) is 79.6 Å². The molecule has 0 N–H and O–H groups in total. The van der Waals surface area contributed by atoms with E-state index in [2.05, 4.69) is 184 Å². The van der Waals surface area contributed by atoms with Gasteiger partial charge in [0.2, 0.25) is 0 Å². The first-order valence-corrected chi connectivity index (χ1v) is 30.2. The molecule has 0 heterocycles. The first-order valence-electron chi connectivity index (χ1n) is 30.2. The van der Waals surface area contributed by atoms with Crippen LogP contribution in [0.2, 0.25) is 0 Å². The van der Waals surface area contributed by atoms with Crippen LogP contribution >= 0.6 is 0 Å². The van der Waals surface area contributed by atoms with Crippen LogP contribution in [0.15, 0.2) is 252 Å². The highest BCUT2D eigenvalue weighted by atomic mass is 16.6. The average Bonchev–Trinajstić information content (AvgIpc) is 1.14. The fraction of sp³-hybridized carbons (Fsp3) is 0.143. The van der Waals surface area contributed by atoms with E-state index < -0.39 is 9.85 Å². The molecule has 1 aliphatic carbocycles. The van der Waals surface area contributed by atoms with E-state index in [1.54, 1.807) is 24.3 Å². The van der Waals surface area contributed by atoms with Crippen LogP contribution < -0.4 is 9.80 Å². The van der Waals surface area contributed by atoms with Crippen molar-refractivity contribution < 1.29 is 9.85 Å². The van der Waals surface area contributed by atoms with Gasteiger partial charge in [-0.2, -0.15) is 0 Å². The lowest BCUT2D eigenvalue weighted by atomic mass is 9.92. The van der Waals surface area contributed by atoms with Gasteiger partial charge in [-0.1, -0.05) is 192 Å². The zero-order valence-electron chi connectivity index (χ0n) is 52.5. The van der Waals surface area contributed by atoms with Crippen LogP contribution in [0.4, 0.5) is 22.7 Å². The Hall–Kier alpha value is -12.4. The summed E-state index contributed by atoms with van der Waals surface area (Å²) in [6.45, 7) is 17.5. The minimum absolute atomic E-state index is 0.0938. The number of hydrogen-bond acceptors (Lipinski definition) is 6. The zero-order chi connectivity index (χ0) is 64.9. The number of benzene rings is 8. The summed E-state index contributed by atoms with van der Waals surface area (Å²) in [6.07, 6.45) is 0. The van der Waals surface area contributed by atoms with Crippen LogP contribution in [0.25, 0.3) is 11.1 Å². The fourth-order valence-electron chi connectivity index (χ4n) is 10.5. The Balaban J connectivity index is 1.42. The quantitative estimate of drug-likeness (QED) is 0.0687. The highest BCUT2D eigenvalue weighted by molar-refractivity contribution is 5.90. The van der Waals surface area contributed by atoms with E-state index in [9.17, 15) is 20.2 Å². The first kappa shape index (κ1) is 64.1. The largest absolute Gasteiger partial charge is 0.367 e. The van der Waals surface area contributed by atoms with E-state index in [1.807, 2.05) is 146 Å². The molecule has 0 atom stereocenters. The Morgan fingerprint density at radius 3 is 0.750 bits per heavy atom. The fourth-order valence-corrected chi connectivity index (χ4v) is 10.5. The van der Waals surface area contributed by atoms with E-state index >= 15 is 0 Å². The standard InChI is InChI=1S/C84H64N4O4/c1-61(2)85(62(3)4)79-53-33-65(34-54-79)29-41-69(42-30-66-35-55-80(56-36-66)86(63(5)6)64(7)8)71-45-49-77(83(73-21-13-9-14-22-73)74-23-15-10-16-24-74)51-47-72(48-52-78(50-46-71)84(75-25-17-11-18-26-75)76-27-19-12-20-28-76)70(43-31-67-37-57-81(58-38-67)87(89)90)44-32-68-39-59-82(60-40-68)88(91)92/h9-28,33-40,53-64H,1-8H3. The van der Waals surface area contributed by atoms with Crippen molar-refractivity contribution in [3.8, 4) is 94.7 Å². The van der Waals surface area contributed by atoms with E-state index in [1.165, 1.54) is 24.3 Å². The second-order valence-corrected chi connectivity index (χ2v) is 22.4. The summed E-state index contributed by atoms with van der Waals surface area (Å²) in [5, 5.41) is 23.4. The Labute approximate surface area is 541 Å². The van der Waals surface area contributed by atoms with E-state index in [0.717, 1.165) is 55.9 Å². The summed E-state index contributed by atoms with van der Waals surface area (Å²) in [6, 6.07) is 68.9. The molecule has 0 saturated heterocycles. The molecule has 8 aromatic carbocycles. The van der Waals surface area contributed by atoms with Gasteiger partial charge in [0, 0.05) is 93.2 Å². The maximum Gasteiger partial charge on any atom is 0.269 e. The van der Waals surface area contributed by atoms with Crippen molar-refractivity contribution in [1.82, 2.24) is 0 Å². The van der Waals surface area contributed by atoms with Gasteiger partial charge in [-0.15, -0.1) is 0 Å². The number of hydrogen-bond donors (Lipinski definition) is 0. The van der Waals surface area contributed by atoms with Gasteiger partial charge in [-0.25, -0.2) is 0 Å². The predicted molar refractivity (Wildman–Crippen MR) is 375 cm³/mol. The molecule has 9 rings (SSSR count). The third kappa shape index (κ3) is 17.0. The van der Waals surface area contributed by atoms with Crippen LogP contribution in [0.1, 0.15) is 99.9 Å². The lowest BCUT2D eigenvalue weighted by Gasteiger charge is -2.33. The molecule has 1 aliphatic rings. The number of nitrogens with zero attached hydrogens (tertiary/aromatic N) is 4. The van der Waals surface area contributed by atoms with Crippen LogP contribution in [0.3, 0.4) is 0 Å². The molecule has 0 amide bonds. The third-order valence-electron chi connectivity index (χ3n) is 14.5. The monoisotopic (exact) mass is 1190 g/mol. The molecule has 92 heavy (non-hydrogen) atoms. The van der Waals surface area contributed by atoms with E-state index in [-0.39, 0.29) is 46.7 Å². The number of anilines is 2. The van der Waals surface area contributed by atoms with Crippen LogP contribution in [0, 0.1) is 115 Å². The molecule has 0 radical (unpaired) electrons. The Bertz CT molecular complexity index is 4330. The summed E-state index contributed by atoms with van der Waals surface area (Å²) in [5.74, 6) is 54.5. The van der Waals surface area contributed by atoms with Gasteiger partial charge in [0.1, 0.15) is 0 Å². The smallest absolute Gasteiger partial charge is 0.269 e. The highest BCUT2D eigenvalue weighted by Gasteiger charge is 2.17. The molecule has 0 spiro atoms. The van der Waals surface area contributed by atoms with Crippen LogP contribution in [-0.2, 0) is 0 Å².